The van der Waals surface area contributed by atoms with Crippen LogP contribution in [0.4, 0.5) is 0 Å². The largest absolute Gasteiger partial charge is 0.480 e. The van der Waals surface area contributed by atoms with Gasteiger partial charge in [-0.3, -0.25) is 28.9 Å². The van der Waals surface area contributed by atoms with Gasteiger partial charge in [-0.2, -0.15) is 0 Å². The maximum Gasteiger partial charge on any atom is 0.320 e. The highest BCUT2D eigenvalue weighted by Crippen LogP contribution is 2.02. The van der Waals surface area contributed by atoms with Crippen LogP contribution in [0.3, 0.4) is 0 Å². The minimum Gasteiger partial charge on any atom is -0.480 e. The zero-order chi connectivity index (χ0) is 22.2. The second-order valence-corrected chi connectivity index (χ2v) is 6.04. The second-order valence-electron chi connectivity index (χ2n) is 6.04. The van der Waals surface area contributed by atoms with E-state index in [2.05, 4.69) is 16.0 Å². The van der Waals surface area contributed by atoms with Crippen molar-refractivity contribution in [2.45, 2.75) is 38.6 Å². The Morgan fingerprint density at radius 2 is 1.59 bits per heavy atom. The number of carbonyl (C=O) groups is 6. The van der Waals surface area contributed by atoms with Crippen molar-refractivity contribution >= 4 is 35.9 Å². The predicted molar refractivity (Wildman–Crippen MR) is 103 cm³/mol. The van der Waals surface area contributed by atoms with Gasteiger partial charge in [0, 0.05) is 38.1 Å². The molecule has 4 amide bonds. The summed E-state index contributed by atoms with van der Waals surface area (Å²) in [4.78, 5) is 66.2. The smallest absolute Gasteiger partial charge is 0.320 e. The van der Waals surface area contributed by atoms with E-state index in [0.29, 0.717) is 19.1 Å². The number of imide groups is 1. The van der Waals surface area contributed by atoms with Crippen molar-refractivity contribution in [3.05, 3.63) is 12.2 Å². The quantitative estimate of drug-likeness (QED) is 0.172. The number of rotatable bonds is 12. The maximum atomic E-state index is 11.5. The molecular weight excluding hydrogens is 384 g/mol. The van der Waals surface area contributed by atoms with Crippen molar-refractivity contribution in [2.75, 3.05) is 26.7 Å². The van der Waals surface area contributed by atoms with Gasteiger partial charge >= 0.3 is 5.97 Å². The SMILES string of the molecule is CNC(C)C(=O)O.O=CCNC(=O)CCCCC(=O)NCCN1C(=O)C=CC1=O. The molecule has 0 aliphatic carbocycles. The Bertz CT molecular complexity index is 616. The van der Waals surface area contributed by atoms with Crippen molar-refractivity contribution in [3.8, 4) is 0 Å². The molecule has 0 saturated heterocycles. The highest BCUT2D eigenvalue weighted by atomic mass is 16.4. The molecule has 1 heterocycles. The fourth-order valence-electron chi connectivity index (χ4n) is 1.99. The third kappa shape index (κ3) is 12.1. The van der Waals surface area contributed by atoms with Gasteiger partial charge in [0.05, 0.1) is 6.54 Å². The van der Waals surface area contributed by atoms with Crippen molar-refractivity contribution < 1.29 is 33.9 Å². The van der Waals surface area contributed by atoms with Crippen LogP contribution in [0.2, 0.25) is 0 Å². The molecule has 0 aromatic carbocycles. The number of amides is 4. The van der Waals surface area contributed by atoms with Gasteiger partial charge < -0.3 is 25.9 Å². The van der Waals surface area contributed by atoms with E-state index in [9.17, 15) is 28.8 Å². The highest BCUT2D eigenvalue weighted by molar-refractivity contribution is 6.12. The first-order valence-electron chi connectivity index (χ1n) is 9.13. The third-order valence-electron chi connectivity index (χ3n) is 3.80. The summed E-state index contributed by atoms with van der Waals surface area (Å²) in [6, 6.07) is -0.431. The lowest BCUT2D eigenvalue weighted by Gasteiger charge is -2.13. The lowest BCUT2D eigenvalue weighted by atomic mass is 10.2. The predicted octanol–water partition coefficient (Wildman–Crippen LogP) is -1.42. The van der Waals surface area contributed by atoms with Crippen LogP contribution in [0.5, 0.6) is 0 Å². The molecule has 11 nitrogen and oxygen atoms in total. The molecule has 4 N–H and O–H groups in total. The number of aliphatic carboxylic acids is 1. The summed E-state index contributed by atoms with van der Waals surface area (Å²) in [5.41, 5.74) is 0. The number of carboxylic acid groups (broad SMARTS) is 1. The molecule has 1 aliphatic heterocycles. The summed E-state index contributed by atoms with van der Waals surface area (Å²) < 4.78 is 0. The molecule has 0 fully saturated rings. The molecule has 0 aromatic heterocycles. The average molecular weight is 412 g/mol. The first-order valence-corrected chi connectivity index (χ1v) is 9.13. The van der Waals surface area contributed by atoms with Crippen LogP contribution in [0.25, 0.3) is 0 Å². The summed E-state index contributed by atoms with van der Waals surface area (Å²) >= 11 is 0. The maximum absolute atomic E-state index is 11.5. The molecular formula is C18H28N4O7. The highest BCUT2D eigenvalue weighted by Gasteiger charge is 2.22. The van der Waals surface area contributed by atoms with Gasteiger partial charge in [-0.1, -0.05) is 0 Å². The van der Waals surface area contributed by atoms with E-state index in [1.54, 1.807) is 14.0 Å². The number of aldehydes is 1. The number of nitrogens with zero attached hydrogens (tertiary/aromatic N) is 1. The Labute approximate surface area is 168 Å². The normalized spacial score (nSPS) is 13.4. The van der Waals surface area contributed by atoms with Crippen LogP contribution < -0.4 is 16.0 Å². The summed E-state index contributed by atoms with van der Waals surface area (Å²) in [5, 5.41) is 15.7. The molecule has 29 heavy (non-hydrogen) atoms. The lowest BCUT2D eigenvalue weighted by molar-refractivity contribution is -0.139. The van der Waals surface area contributed by atoms with Gasteiger partial charge in [-0.15, -0.1) is 0 Å². The van der Waals surface area contributed by atoms with Gasteiger partial charge in [0.1, 0.15) is 12.3 Å². The number of hydrogen-bond acceptors (Lipinski definition) is 7. The van der Waals surface area contributed by atoms with Crippen molar-refractivity contribution in [3.63, 3.8) is 0 Å². The van der Waals surface area contributed by atoms with Crippen LogP contribution in [0.1, 0.15) is 32.6 Å². The molecule has 1 rings (SSSR count). The summed E-state index contributed by atoms with van der Waals surface area (Å²) in [6.07, 6.45) is 4.62. The van der Waals surface area contributed by atoms with Gasteiger partial charge in [-0.05, 0) is 26.8 Å². The molecule has 11 heteroatoms. The van der Waals surface area contributed by atoms with Crippen molar-refractivity contribution in [2.24, 2.45) is 0 Å². The van der Waals surface area contributed by atoms with Crippen LogP contribution in [0, 0.1) is 0 Å². The Kier molecular flexibility index (Phi) is 13.3. The van der Waals surface area contributed by atoms with E-state index in [4.69, 9.17) is 5.11 Å². The number of carboxylic acids is 1. The third-order valence-corrected chi connectivity index (χ3v) is 3.80. The number of nitrogens with one attached hydrogen (secondary N) is 3. The average Bonchev–Trinajstić information content (AvgIpc) is 3.01. The van der Waals surface area contributed by atoms with Gasteiger partial charge in [0.25, 0.3) is 11.8 Å². The van der Waals surface area contributed by atoms with Gasteiger partial charge in [0.15, 0.2) is 0 Å². The molecule has 0 spiro atoms. The van der Waals surface area contributed by atoms with Crippen LogP contribution >= 0.6 is 0 Å². The molecule has 0 radical (unpaired) electrons. The zero-order valence-electron chi connectivity index (χ0n) is 16.6. The van der Waals surface area contributed by atoms with E-state index >= 15 is 0 Å². The minimum atomic E-state index is -0.817. The molecule has 1 aliphatic rings. The number of hydrogen-bond donors (Lipinski definition) is 4. The first-order chi connectivity index (χ1) is 13.7. The Hall–Kier alpha value is -3.08. The summed E-state index contributed by atoms with van der Waals surface area (Å²) in [7, 11) is 1.61. The number of likely N-dealkylation sites (N-methyl/N-ethyl adjacent to an activating group) is 1. The van der Waals surface area contributed by atoms with Crippen molar-refractivity contribution in [1.29, 1.82) is 0 Å². The van der Waals surface area contributed by atoms with E-state index in [0.717, 1.165) is 4.90 Å². The van der Waals surface area contributed by atoms with E-state index < -0.39 is 12.0 Å². The van der Waals surface area contributed by atoms with Gasteiger partial charge in [0.2, 0.25) is 11.8 Å². The van der Waals surface area contributed by atoms with E-state index in [1.807, 2.05) is 0 Å². The topological polar surface area (TPSA) is 162 Å². The fraction of sp³-hybridized carbons (Fsp3) is 0.556. The summed E-state index contributed by atoms with van der Waals surface area (Å²) in [6.45, 7) is 1.94. The Balaban J connectivity index is 0.000000956. The minimum absolute atomic E-state index is 0.00210. The lowest BCUT2D eigenvalue weighted by Crippen LogP contribution is -2.38. The van der Waals surface area contributed by atoms with Crippen LogP contribution in [-0.4, -0.2) is 78.6 Å². The monoisotopic (exact) mass is 412 g/mol. The molecule has 0 saturated carbocycles. The molecule has 0 aromatic rings. The summed E-state index contributed by atoms with van der Waals surface area (Å²) in [5.74, 6) is -1.98. The van der Waals surface area contributed by atoms with E-state index in [1.165, 1.54) is 12.2 Å². The van der Waals surface area contributed by atoms with Crippen LogP contribution in [-0.2, 0) is 28.8 Å². The molecule has 1 atom stereocenters. The molecule has 0 bridgehead atoms. The Morgan fingerprint density at radius 3 is 2.00 bits per heavy atom. The second kappa shape index (κ2) is 14.9. The molecule has 1 unspecified atom stereocenters. The van der Waals surface area contributed by atoms with Gasteiger partial charge in [-0.25, -0.2) is 0 Å². The fourth-order valence-corrected chi connectivity index (χ4v) is 1.99. The zero-order valence-corrected chi connectivity index (χ0v) is 16.6. The first kappa shape index (κ1) is 25.9. The Morgan fingerprint density at radius 1 is 1.07 bits per heavy atom. The van der Waals surface area contributed by atoms with Crippen molar-refractivity contribution in [1.82, 2.24) is 20.9 Å². The van der Waals surface area contributed by atoms with Crippen LogP contribution in [0.15, 0.2) is 12.2 Å². The van der Waals surface area contributed by atoms with E-state index in [-0.39, 0.29) is 56.1 Å². The number of unbranched alkanes of at least 4 members (excludes halogenated alkanes) is 1. The molecule has 162 valence electrons. The standard InChI is InChI=1S/C14H19N3O5.C4H9NO2/c18-10-8-16-12(20)4-2-1-3-11(19)15-7-9-17-13(21)5-6-14(17)22;1-3(5-2)4(6)7/h5-6,10H,1-4,7-9H2,(H,15,19)(H,16,20);3,5H,1-2H3,(H,6,7). The number of carbonyl (C=O) groups excluding carboxylic acids is 5.